The summed E-state index contributed by atoms with van der Waals surface area (Å²) in [6, 6.07) is 0.761. The number of hydrogen-bond acceptors (Lipinski definition) is 2. The van der Waals surface area contributed by atoms with Crippen LogP contribution in [0.3, 0.4) is 0 Å². The first kappa shape index (κ1) is 8.72. The number of rotatable bonds is 2. The summed E-state index contributed by atoms with van der Waals surface area (Å²) >= 11 is 0. The SMILES string of the molecule is CN=CC1CCC(NC)CC1. The molecule has 0 unspecified atom stereocenters. The molecular formula is C9H18N2. The van der Waals surface area contributed by atoms with Crippen LogP contribution in [0.15, 0.2) is 4.99 Å². The fourth-order valence-electron chi connectivity index (χ4n) is 1.77. The van der Waals surface area contributed by atoms with Crippen LogP contribution >= 0.6 is 0 Å². The molecule has 0 heterocycles. The van der Waals surface area contributed by atoms with Gasteiger partial charge < -0.3 is 10.3 Å². The van der Waals surface area contributed by atoms with E-state index in [1.165, 1.54) is 25.7 Å². The van der Waals surface area contributed by atoms with Gasteiger partial charge >= 0.3 is 0 Å². The Balaban J connectivity index is 2.24. The summed E-state index contributed by atoms with van der Waals surface area (Å²) in [6.45, 7) is 0. The maximum Gasteiger partial charge on any atom is 0.0273 e. The fraction of sp³-hybridized carbons (Fsp3) is 0.889. The van der Waals surface area contributed by atoms with Gasteiger partial charge in [-0.3, -0.25) is 0 Å². The molecule has 1 rings (SSSR count). The molecule has 1 N–H and O–H groups in total. The zero-order chi connectivity index (χ0) is 8.10. The predicted molar refractivity (Wildman–Crippen MR) is 49.2 cm³/mol. The first-order valence-electron chi connectivity index (χ1n) is 4.46. The molecule has 1 aliphatic rings. The van der Waals surface area contributed by atoms with E-state index in [0.717, 1.165) is 12.0 Å². The minimum atomic E-state index is 0.754. The lowest BCUT2D eigenvalue weighted by molar-refractivity contribution is 0.358. The van der Waals surface area contributed by atoms with Gasteiger partial charge in [-0.15, -0.1) is 0 Å². The van der Waals surface area contributed by atoms with E-state index in [4.69, 9.17) is 0 Å². The summed E-state index contributed by atoms with van der Waals surface area (Å²) < 4.78 is 0. The minimum Gasteiger partial charge on any atom is -0.317 e. The predicted octanol–water partition coefficient (Wildman–Crippen LogP) is 1.47. The van der Waals surface area contributed by atoms with Crippen LogP contribution in [0, 0.1) is 5.92 Å². The second-order valence-corrected chi connectivity index (χ2v) is 3.31. The first-order chi connectivity index (χ1) is 5.36. The molecule has 0 spiro atoms. The van der Waals surface area contributed by atoms with Crippen molar-refractivity contribution in [2.24, 2.45) is 10.9 Å². The average Bonchev–Trinajstić information content (AvgIpc) is 2.07. The third-order valence-electron chi connectivity index (χ3n) is 2.54. The van der Waals surface area contributed by atoms with Crippen molar-refractivity contribution in [3.05, 3.63) is 0 Å². The van der Waals surface area contributed by atoms with E-state index in [2.05, 4.69) is 23.6 Å². The van der Waals surface area contributed by atoms with E-state index < -0.39 is 0 Å². The van der Waals surface area contributed by atoms with Crippen LogP contribution < -0.4 is 5.32 Å². The molecule has 2 nitrogen and oxygen atoms in total. The lowest BCUT2D eigenvalue weighted by atomic mass is 9.87. The van der Waals surface area contributed by atoms with Crippen LogP contribution in [0.5, 0.6) is 0 Å². The molecule has 0 aromatic heterocycles. The Labute approximate surface area is 69.1 Å². The molecule has 11 heavy (non-hydrogen) atoms. The van der Waals surface area contributed by atoms with E-state index in [-0.39, 0.29) is 0 Å². The highest BCUT2D eigenvalue weighted by atomic mass is 14.9. The van der Waals surface area contributed by atoms with Crippen molar-refractivity contribution in [3.63, 3.8) is 0 Å². The second kappa shape index (κ2) is 4.50. The smallest absolute Gasteiger partial charge is 0.0273 e. The van der Waals surface area contributed by atoms with E-state index in [1.54, 1.807) is 0 Å². The van der Waals surface area contributed by atoms with Gasteiger partial charge in [-0.1, -0.05) is 0 Å². The van der Waals surface area contributed by atoms with Crippen molar-refractivity contribution < 1.29 is 0 Å². The molecule has 1 aliphatic carbocycles. The van der Waals surface area contributed by atoms with E-state index in [0.29, 0.717) is 0 Å². The summed E-state index contributed by atoms with van der Waals surface area (Å²) in [5.74, 6) is 0.754. The molecule has 0 aliphatic heterocycles. The van der Waals surface area contributed by atoms with Gasteiger partial charge in [0.2, 0.25) is 0 Å². The van der Waals surface area contributed by atoms with Crippen LogP contribution in [-0.2, 0) is 0 Å². The Kier molecular flexibility index (Phi) is 3.57. The van der Waals surface area contributed by atoms with Crippen molar-refractivity contribution in [3.8, 4) is 0 Å². The van der Waals surface area contributed by atoms with Crippen LogP contribution in [0.25, 0.3) is 0 Å². The first-order valence-corrected chi connectivity index (χ1v) is 4.46. The van der Waals surface area contributed by atoms with Gasteiger partial charge in [-0.25, -0.2) is 0 Å². The number of nitrogens with zero attached hydrogens (tertiary/aromatic N) is 1. The molecule has 1 fully saturated rings. The van der Waals surface area contributed by atoms with E-state index in [1.807, 2.05) is 7.05 Å². The largest absolute Gasteiger partial charge is 0.317 e. The van der Waals surface area contributed by atoms with E-state index >= 15 is 0 Å². The fourth-order valence-corrected chi connectivity index (χ4v) is 1.77. The van der Waals surface area contributed by atoms with Gasteiger partial charge in [0, 0.05) is 19.3 Å². The van der Waals surface area contributed by atoms with Crippen molar-refractivity contribution in [2.45, 2.75) is 31.7 Å². The van der Waals surface area contributed by atoms with E-state index in [9.17, 15) is 0 Å². The molecule has 2 heteroatoms. The molecule has 1 saturated carbocycles. The van der Waals surface area contributed by atoms with Crippen LogP contribution in [0.1, 0.15) is 25.7 Å². The molecule has 0 aromatic carbocycles. The molecule has 0 aromatic rings. The highest BCUT2D eigenvalue weighted by molar-refractivity contribution is 5.60. The Morgan fingerprint density at radius 1 is 1.27 bits per heavy atom. The zero-order valence-electron chi connectivity index (χ0n) is 7.51. The van der Waals surface area contributed by atoms with Crippen molar-refractivity contribution in [1.29, 1.82) is 0 Å². The summed E-state index contributed by atoms with van der Waals surface area (Å²) in [5.41, 5.74) is 0. The molecule has 0 radical (unpaired) electrons. The van der Waals surface area contributed by atoms with Crippen LogP contribution in [0.2, 0.25) is 0 Å². The highest BCUT2D eigenvalue weighted by Crippen LogP contribution is 2.22. The summed E-state index contributed by atoms with van der Waals surface area (Å²) in [7, 11) is 3.92. The van der Waals surface area contributed by atoms with Crippen molar-refractivity contribution >= 4 is 6.21 Å². The van der Waals surface area contributed by atoms with Crippen LogP contribution in [0.4, 0.5) is 0 Å². The monoisotopic (exact) mass is 154 g/mol. The summed E-state index contributed by atoms with van der Waals surface area (Å²) in [6.07, 6.45) is 7.35. The zero-order valence-corrected chi connectivity index (χ0v) is 7.51. The summed E-state index contributed by atoms with van der Waals surface area (Å²) in [4.78, 5) is 4.06. The molecular weight excluding hydrogens is 136 g/mol. The number of aliphatic imine (C=N–C) groups is 1. The number of hydrogen-bond donors (Lipinski definition) is 1. The topological polar surface area (TPSA) is 24.4 Å². The maximum absolute atomic E-state index is 4.06. The van der Waals surface area contributed by atoms with Crippen LogP contribution in [-0.4, -0.2) is 26.4 Å². The summed E-state index contributed by atoms with van der Waals surface area (Å²) in [5, 5.41) is 3.32. The highest BCUT2D eigenvalue weighted by Gasteiger charge is 2.17. The molecule has 0 atom stereocenters. The quantitative estimate of drug-likeness (QED) is 0.598. The third-order valence-corrected chi connectivity index (χ3v) is 2.54. The Morgan fingerprint density at radius 3 is 2.36 bits per heavy atom. The molecule has 64 valence electrons. The van der Waals surface area contributed by atoms with Gasteiger partial charge in [0.05, 0.1) is 0 Å². The molecule has 0 bridgehead atoms. The minimum absolute atomic E-state index is 0.754. The standard InChI is InChI=1S/C9H18N2/c1-10-7-8-3-5-9(11-2)6-4-8/h7-9,11H,3-6H2,1-2H3. The maximum atomic E-state index is 4.06. The van der Waals surface area contributed by atoms with Gasteiger partial charge in [-0.2, -0.15) is 0 Å². The van der Waals surface area contributed by atoms with Crippen molar-refractivity contribution in [1.82, 2.24) is 5.32 Å². The Hall–Kier alpha value is -0.370. The second-order valence-electron chi connectivity index (χ2n) is 3.31. The number of nitrogens with one attached hydrogen (secondary N) is 1. The average molecular weight is 154 g/mol. The lowest BCUT2D eigenvalue weighted by Gasteiger charge is -2.25. The normalized spacial score (nSPS) is 32.9. The van der Waals surface area contributed by atoms with Gasteiger partial charge in [0.25, 0.3) is 0 Å². The Bertz CT molecular complexity index is 124. The molecule has 0 amide bonds. The van der Waals surface area contributed by atoms with Gasteiger partial charge in [0.15, 0.2) is 0 Å². The van der Waals surface area contributed by atoms with Gasteiger partial charge in [-0.05, 0) is 38.6 Å². The lowest BCUT2D eigenvalue weighted by Crippen LogP contribution is -2.30. The third kappa shape index (κ3) is 2.62. The van der Waals surface area contributed by atoms with Gasteiger partial charge in [0.1, 0.15) is 0 Å². The molecule has 0 saturated heterocycles. The van der Waals surface area contributed by atoms with Crippen molar-refractivity contribution in [2.75, 3.05) is 14.1 Å². The Morgan fingerprint density at radius 2 is 1.91 bits per heavy atom.